The first-order valence-electron chi connectivity index (χ1n) is 22.5. The molecule has 334 valence electrons. The largest absolute Gasteiger partial charge is 0.464 e. The standard InChI is InChI=1S/C47H64N8O6S/c1-10-54-37-15-14-30-21-32(37)34(41(54)33-22-31(24-48-39(33)29(5)59-9)53-19-17-52(8)18-20-53)23-47(6,7)26-61-46(58)35-13-12-16-55(51-35)45(57)40(50-43(56)38-27(3)28(38)4)42(60-11-2)44-49-36(30)25-62-44/h14-15,21-22,24-25,27-29,35,38,40,42,51H,10-13,16-20,23,26H2,1-9H3,(H,50,56)/t27-,28+,29-,35-,38?,40-,42-/m0/s1. The van der Waals surface area contributed by atoms with Crippen molar-refractivity contribution in [3.63, 3.8) is 0 Å². The van der Waals surface area contributed by atoms with Crippen molar-refractivity contribution in [2.75, 3.05) is 65.0 Å². The summed E-state index contributed by atoms with van der Waals surface area (Å²) in [4.78, 5) is 57.4. The highest BCUT2D eigenvalue weighted by atomic mass is 32.1. The number of nitrogens with zero attached hydrogens (tertiary/aromatic N) is 6. The zero-order valence-corrected chi connectivity index (χ0v) is 38.6. The number of hydrogen-bond acceptors (Lipinski definition) is 12. The number of aryl methyl sites for hydroxylation is 1. The predicted molar refractivity (Wildman–Crippen MR) is 242 cm³/mol. The van der Waals surface area contributed by atoms with Gasteiger partial charge in [0.25, 0.3) is 5.91 Å². The quantitative estimate of drug-likeness (QED) is 0.181. The first kappa shape index (κ1) is 44.2. The van der Waals surface area contributed by atoms with Crippen molar-refractivity contribution in [2.24, 2.45) is 23.2 Å². The van der Waals surface area contributed by atoms with Gasteiger partial charge in [-0.15, -0.1) is 11.3 Å². The van der Waals surface area contributed by atoms with Gasteiger partial charge >= 0.3 is 5.97 Å². The fourth-order valence-corrected chi connectivity index (χ4v) is 10.5. The lowest BCUT2D eigenvalue weighted by atomic mass is 9.84. The molecule has 4 aliphatic rings. The monoisotopic (exact) mass is 868 g/mol. The summed E-state index contributed by atoms with van der Waals surface area (Å²) >= 11 is 1.42. The van der Waals surface area contributed by atoms with E-state index in [2.05, 4.69) is 91.0 Å². The highest BCUT2D eigenvalue weighted by molar-refractivity contribution is 7.10. The number of hydrogen-bond donors (Lipinski definition) is 2. The van der Waals surface area contributed by atoms with Crippen LogP contribution in [0.1, 0.15) is 89.8 Å². The number of aromatic nitrogens is 3. The molecule has 6 heterocycles. The van der Waals surface area contributed by atoms with Crippen LogP contribution in [0.5, 0.6) is 0 Å². The van der Waals surface area contributed by atoms with Gasteiger partial charge in [0.1, 0.15) is 23.2 Å². The molecule has 4 aromatic rings. The molecule has 7 atom stereocenters. The number of anilines is 1. The molecule has 14 nitrogen and oxygen atoms in total. The van der Waals surface area contributed by atoms with E-state index < -0.39 is 29.6 Å². The Morgan fingerprint density at radius 3 is 2.55 bits per heavy atom. The maximum Gasteiger partial charge on any atom is 0.324 e. The second-order valence-electron chi connectivity index (χ2n) is 18.5. The van der Waals surface area contributed by atoms with Gasteiger partial charge in [0, 0.05) is 91.7 Å². The molecule has 62 heavy (non-hydrogen) atoms. The summed E-state index contributed by atoms with van der Waals surface area (Å²) in [6.45, 7) is 19.8. The summed E-state index contributed by atoms with van der Waals surface area (Å²) in [5.74, 6) is -0.723. The molecule has 3 fully saturated rings. The van der Waals surface area contributed by atoms with Crippen molar-refractivity contribution in [3.05, 3.63) is 52.1 Å². The van der Waals surface area contributed by atoms with Gasteiger partial charge < -0.3 is 33.9 Å². The molecular formula is C47H64N8O6S. The summed E-state index contributed by atoms with van der Waals surface area (Å²) in [6.07, 6.45) is 2.55. The first-order chi connectivity index (χ1) is 29.7. The van der Waals surface area contributed by atoms with Crippen LogP contribution >= 0.6 is 11.3 Å². The average molecular weight is 869 g/mol. The minimum absolute atomic E-state index is 0.162. The molecule has 0 spiro atoms. The molecule has 3 aromatic heterocycles. The zero-order valence-electron chi connectivity index (χ0n) is 37.8. The number of thiazole rings is 1. The van der Waals surface area contributed by atoms with Gasteiger partial charge in [0.05, 0.1) is 41.7 Å². The summed E-state index contributed by atoms with van der Waals surface area (Å²) in [5, 5.41) is 8.24. The number of cyclic esters (lactones) is 1. The van der Waals surface area contributed by atoms with E-state index in [9.17, 15) is 14.4 Å². The van der Waals surface area contributed by atoms with Crippen LogP contribution in [-0.4, -0.2) is 114 Å². The van der Waals surface area contributed by atoms with Gasteiger partial charge in [0.15, 0.2) is 0 Å². The van der Waals surface area contributed by atoms with Crippen LogP contribution in [0, 0.1) is 23.2 Å². The molecule has 2 saturated heterocycles. The highest BCUT2D eigenvalue weighted by Gasteiger charge is 2.50. The summed E-state index contributed by atoms with van der Waals surface area (Å²) in [7, 11) is 3.89. The van der Waals surface area contributed by atoms with E-state index in [-0.39, 0.29) is 42.3 Å². The van der Waals surface area contributed by atoms with Crippen molar-refractivity contribution < 1.29 is 28.6 Å². The molecule has 2 N–H and O–H groups in total. The lowest BCUT2D eigenvalue weighted by molar-refractivity contribution is -0.156. The number of amides is 2. The minimum atomic E-state index is -1.07. The Morgan fingerprint density at radius 1 is 1.10 bits per heavy atom. The third kappa shape index (κ3) is 8.62. The van der Waals surface area contributed by atoms with E-state index in [1.54, 1.807) is 7.11 Å². The Bertz CT molecular complexity index is 2290. The Labute approximate surface area is 369 Å². The predicted octanol–water partition coefficient (Wildman–Crippen LogP) is 6.39. The second-order valence-corrected chi connectivity index (χ2v) is 19.4. The Hall–Kier alpha value is -4.41. The van der Waals surface area contributed by atoms with Crippen LogP contribution in [0.3, 0.4) is 0 Å². The average Bonchev–Trinajstić information content (AvgIpc) is 3.54. The number of nitrogens with one attached hydrogen (secondary N) is 2. The smallest absolute Gasteiger partial charge is 0.324 e. The Kier molecular flexibility index (Phi) is 12.8. The molecular weight excluding hydrogens is 805 g/mol. The number of rotatable bonds is 9. The molecule has 1 aliphatic carbocycles. The number of carbonyl (C=O) groups is 3. The van der Waals surface area contributed by atoms with Gasteiger partial charge in [0.2, 0.25) is 5.91 Å². The van der Waals surface area contributed by atoms with Gasteiger partial charge in [-0.25, -0.2) is 10.4 Å². The fourth-order valence-electron chi connectivity index (χ4n) is 9.60. The van der Waals surface area contributed by atoms with E-state index in [4.69, 9.17) is 24.2 Å². The Balaban J connectivity index is 1.29. The number of fused-ring (bicyclic) bond motifs is 6. The molecule has 0 radical (unpaired) electrons. The first-order valence-corrected chi connectivity index (χ1v) is 23.3. The van der Waals surface area contributed by atoms with E-state index in [0.717, 1.165) is 76.5 Å². The molecule has 1 saturated carbocycles. The third-order valence-corrected chi connectivity index (χ3v) is 14.6. The van der Waals surface area contributed by atoms with Crippen LogP contribution in [0.15, 0.2) is 35.8 Å². The number of benzene rings is 1. The number of likely N-dealkylation sites (N-methyl/N-ethyl adjacent to an activating group) is 1. The molecule has 3 aliphatic heterocycles. The second kappa shape index (κ2) is 18.0. The minimum Gasteiger partial charge on any atom is -0.464 e. The maximum atomic E-state index is 14.6. The molecule has 2 amide bonds. The fraction of sp³-hybridized carbons (Fsp3) is 0.596. The summed E-state index contributed by atoms with van der Waals surface area (Å²) in [6, 6.07) is 6.99. The van der Waals surface area contributed by atoms with Crippen molar-refractivity contribution in [2.45, 2.75) is 98.6 Å². The van der Waals surface area contributed by atoms with Crippen LogP contribution in [0.2, 0.25) is 0 Å². The number of hydrazine groups is 1. The highest BCUT2D eigenvalue weighted by Crippen LogP contribution is 2.46. The van der Waals surface area contributed by atoms with E-state index in [1.807, 2.05) is 25.4 Å². The van der Waals surface area contributed by atoms with Crippen molar-refractivity contribution in [1.29, 1.82) is 0 Å². The number of ether oxygens (including phenoxy) is 3. The SMILES string of the molecule is CCO[C@@H]1c2nc(cs2)-c2ccc3c(c2)c(c(-c2cc(N4CCN(C)CC4)cnc2[C@H](C)OC)n3CC)CC(C)(C)COC(=O)[C@@H]2CCCN(N2)C(=O)[C@H]1NC(=O)C1[C@@H](C)[C@H]1C. The molecule has 6 bridgehead atoms. The molecule has 8 rings (SSSR count). The van der Waals surface area contributed by atoms with Crippen molar-refractivity contribution in [3.8, 4) is 22.5 Å². The van der Waals surface area contributed by atoms with Crippen LogP contribution < -0.4 is 15.6 Å². The number of methoxy groups -OCH3 is 1. The molecule has 1 unspecified atom stereocenters. The number of esters is 1. The van der Waals surface area contributed by atoms with Crippen LogP contribution in [0.25, 0.3) is 33.4 Å². The lowest BCUT2D eigenvalue weighted by Crippen LogP contribution is -2.61. The van der Waals surface area contributed by atoms with Crippen molar-refractivity contribution >= 4 is 45.7 Å². The lowest BCUT2D eigenvalue weighted by Gasteiger charge is -2.37. The maximum absolute atomic E-state index is 14.6. The van der Waals surface area contributed by atoms with E-state index >= 15 is 0 Å². The number of piperazine rings is 1. The summed E-state index contributed by atoms with van der Waals surface area (Å²) < 4.78 is 20.9. The van der Waals surface area contributed by atoms with Gasteiger partial charge in [-0.1, -0.05) is 33.8 Å². The Morgan fingerprint density at radius 2 is 1.85 bits per heavy atom. The van der Waals surface area contributed by atoms with Gasteiger partial charge in [-0.05, 0) is 82.7 Å². The number of pyridine rings is 1. The van der Waals surface area contributed by atoms with E-state index in [1.165, 1.54) is 16.3 Å². The molecule has 1 aromatic carbocycles. The third-order valence-electron chi connectivity index (χ3n) is 13.6. The normalized spacial score (nSPS) is 26.3. The van der Waals surface area contributed by atoms with Gasteiger partial charge in [-0.3, -0.25) is 24.4 Å². The van der Waals surface area contributed by atoms with E-state index in [0.29, 0.717) is 44.0 Å². The van der Waals surface area contributed by atoms with Gasteiger partial charge in [-0.2, -0.15) is 0 Å². The van der Waals surface area contributed by atoms with Crippen LogP contribution in [-0.2, 0) is 41.6 Å². The topological polar surface area (TPSA) is 143 Å². The van der Waals surface area contributed by atoms with Crippen molar-refractivity contribution in [1.82, 2.24) is 35.2 Å². The summed E-state index contributed by atoms with van der Waals surface area (Å²) in [5.41, 5.74) is 10.6. The molecule has 15 heteroatoms. The van der Waals surface area contributed by atoms with Crippen LogP contribution in [0.4, 0.5) is 5.69 Å². The zero-order chi connectivity index (χ0) is 44.0. The number of carbonyl (C=O) groups excluding carboxylic acids is 3.